The van der Waals surface area contributed by atoms with Gasteiger partial charge >= 0.3 is 5.97 Å². The first-order valence-corrected chi connectivity index (χ1v) is 8.90. The average molecular weight is 378 g/mol. The number of aromatic carboxylic acids is 1. The predicted molar refractivity (Wildman–Crippen MR) is 95.2 cm³/mol. The van der Waals surface area contributed by atoms with E-state index in [-0.39, 0.29) is 33.4 Å². The van der Waals surface area contributed by atoms with Gasteiger partial charge in [-0.1, -0.05) is 12.1 Å². The number of ether oxygens (including phenoxy) is 1. The van der Waals surface area contributed by atoms with E-state index in [1.165, 1.54) is 36.3 Å². The number of hydrogen-bond donors (Lipinski definition) is 2. The van der Waals surface area contributed by atoms with Crippen LogP contribution in [0.3, 0.4) is 0 Å². The third-order valence-electron chi connectivity index (χ3n) is 3.51. The maximum Gasteiger partial charge on any atom is 0.335 e. The molecule has 0 radical (unpaired) electrons. The Labute approximate surface area is 151 Å². The van der Waals surface area contributed by atoms with Gasteiger partial charge in [-0.2, -0.15) is 0 Å². The fourth-order valence-corrected chi connectivity index (χ4v) is 3.49. The number of methoxy groups -OCH3 is 1. The number of carboxylic acids is 1. The van der Waals surface area contributed by atoms with Crippen molar-refractivity contribution in [1.82, 2.24) is 4.90 Å². The molecule has 0 aromatic heterocycles. The molecule has 2 aromatic rings. The molecule has 26 heavy (non-hydrogen) atoms. The van der Waals surface area contributed by atoms with Crippen LogP contribution in [0.5, 0.6) is 5.75 Å². The zero-order valence-corrected chi connectivity index (χ0v) is 15.2. The van der Waals surface area contributed by atoms with E-state index < -0.39 is 16.0 Å². The number of benzene rings is 2. The maximum atomic E-state index is 12.8. The first-order valence-electron chi connectivity index (χ1n) is 7.42. The first kappa shape index (κ1) is 19.3. The molecule has 0 spiro atoms. The summed E-state index contributed by atoms with van der Waals surface area (Å²) in [5, 5.41) is 9.10. The fourth-order valence-electron chi connectivity index (χ4n) is 2.22. The third-order valence-corrected chi connectivity index (χ3v) is 4.89. The molecular formula is C17H18N2O6S. The summed E-state index contributed by atoms with van der Waals surface area (Å²) >= 11 is 0. The minimum Gasteiger partial charge on any atom is -0.495 e. The van der Waals surface area contributed by atoms with E-state index in [9.17, 15) is 18.0 Å². The normalized spacial score (nSPS) is 10.9. The van der Waals surface area contributed by atoms with Gasteiger partial charge in [0.15, 0.2) is 0 Å². The van der Waals surface area contributed by atoms with Crippen LogP contribution in [0.1, 0.15) is 20.7 Å². The minimum atomic E-state index is -4.20. The number of carboxylic acid groups (broad SMARTS) is 1. The van der Waals surface area contributed by atoms with E-state index in [0.717, 1.165) is 6.07 Å². The predicted octanol–water partition coefficient (Wildman–Crippen LogP) is 1.90. The number of sulfonamides is 1. The van der Waals surface area contributed by atoms with Crippen molar-refractivity contribution in [3.05, 3.63) is 53.6 Å². The summed E-state index contributed by atoms with van der Waals surface area (Å²) in [6, 6.07) is 9.63. The molecule has 0 bridgehead atoms. The van der Waals surface area contributed by atoms with Crippen molar-refractivity contribution in [1.29, 1.82) is 0 Å². The second-order valence-electron chi connectivity index (χ2n) is 5.52. The van der Waals surface area contributed by atoms with Crippen LogP contribution in [0.4, 0.5) is 5.69 Å². The number of para-hydroxylation sites is 1. The number of rotatable bonds is 6. The first-order chi connectivity index (χ1) is 12.2. The minimum absolute atomic E-state index is 0.0149. The summed E-state index contributed by atoms with van der Waals surface area (Å²) in [5.74, 6) is -1.67. The number of nitrogens with one attached hydrogen (secondary N) is 1. The van der Waals surface area contributed by atoms with Crippen LogP contribution in [0, 0.1) is 0 Å². The summed E-state index contributed by atoms with van der Waals surface area (Å²) in [6.45, 7) is 0. The molecule has 0 saturated carbocycles. The molecule has 9 heteroatoms. The standard InChI is InChI=1S/C17H18N2O6S/c1-19(2)16(20)12-6-4-5-7-13(12)18-26(23,24)15-10-11(17(21)22)8-9-14(15)25-3/h4-10,18H,1-3H3,(H,21,22). The quantitative estimate of drug-likeness (QED) is 0.794. The number of carbonyl (C=O) groups is 2. The molecule has 0 aliphatic heterocycles. The molecule has 0 aliphatic rings. The SMILES string of the molecule is COc1ccc(C(=O)O)cc1S(=O)(=O)Nc1ccccc1C(=O)N(C)C. The highest BCUT2D eigenvalue weighted by molar-refractivity contribution is 7.92. The molecule has 2 rings (SSSR count). The lowest BCUT2D eigenvalue weighted by atomic mass is 10.1. The fraction of sp³-hybridized carbons (Fsp3) is 0.176. The zero-order valence-electron chi connectivity index (χ0n) is 14.4. The highest BCUT2D eigenvalue weighted by atomic mass is 32.2. The molecule has 2 N–H and O–H groups in total. The van der Waals surface area contributed by atoms with Gasteiger partial charge in [0.1, 0.15) is 10.6 Å². The van der Waals surface area contributed by atoms with Crippen LogP contribution < -0.4 is 9.46 Å². The molecule has 138 valence electrons. The van der Waals surface area contributed by atoms with Crippen LogP contribution in [-0.2, 0) is 10.0 Å². The Balaban J connectivity index is 2.53. The molecule has 1 amide bonds. The molecule has 0 aliphatic carbocycles. The average Bonchev–Trinajstić information content (AvgIpc) is 2.60. The molecule has 8 nitrogen and oxygen atoms in total. The van der Waals surface area contributed by atoms with E-state index in [0.29, 0.717) is 0 Å². The van der Waals surface area contributed by atoms with Crippen molar-refractivity contribution in [2.75, 3.05) is 25.9 Å². The Bertz CT molecular complexity index is 953. The van der Waals surface area contributed by atoms with Crippen molar-refractivity contribution < 1.29 is 27.9 Å². The molecule has 0 atom stereocenters. The largest absolute Gasteiger partial charge is 0.495 e. The molecule has 0 saturated heterocycles. The lowest BCUT2D eigenvalue weighted by Crippen LogP contribution is -2.24. The van der Waals surface area contributed by atoms with Gasteiger partial charge < -0.3 is 14.7 Å². The Morgan fingerprint density at radius 2 is 1.77 bits per heavy atom. The number of amides is 1. The van der Waals surface area contributed by atoms with Crippen molar-refractivity contribution in [3.63, 3.8) is 0 Å². The Morgan fingerprint density at radius 3 is 2.35 bits per heavy atom. The second-order valence-corrected chi connectivity index (χ2v) is 7.17. The molecule has 0 fully saturated rings. The van der Waals surface area contributed by atoms with Gasteiger partial charge in [0.05, 0.1) is 23.9 Å². The van der Waals surface area contributed by atoms with E-state index >= 15 is 0 Å². The lowest BCUT2D eigenvalue weighted by molar-refractivity contribution is 0.0696. The maximum absolute atomic E-state index is 12.8. The summed E-state index contributed by atoms with van der Waals surface area (Å²) in [5.41, 5.74) is 0.0345. The highest BCUT2D eigenvalue weighted by Crippen LogP contribution is 2.28. The number of carbonyl (C=O) groups excluding carboxylic acids is 1. The van der Waals surface area contributed by atoms with E-state index in [1.807, 2.05) is 0 Å². The topological polar surface area (TPSA) is 113 Å². The van der Waals surface area contributed by atoms with Crippen LogP contribution >= 0.6 is 0 Å². The van der Waals surface area contributed by atoms with Gasteiger partial charge in [-0.05, 0) is 30.3 Å². The van der Waals surface area contributed by atoms with Crippen molar-refractivity contribution in [2.24, 2.45) is 0 Å². The van der Waals surface area contributed by atoms with E-state index in [4.69, 9.17) is 9.84 Å². The van der Waals surface area contributed by atoms with Gasteiger partial charge in [0.25, 0.3) is 15.9 Å². The van der Waals surface area contributed by atoms with Gasteiger partial charge in [0.2, 0.25) is 0 Å². The number of anilines is 1. The smallest absolute Gasteiger partial charge is 0.335 e. The van der Waals surface area contributed by atoms with E-state index in [2.05, 4.69) is 4.72 Å². The number of nitrogens with zero attached hydrogens (tertiary/aromatic N) is 1. The third kappa shape index (κ3) is 3.94. The molecule has 0 heterocycles. The van der Waals surface area contributed by atoms with Crippen LogP contribution in [-0.4, -0.2) is 51.5 Å². The molecule has 0 unspecified atom stereocenters. The summed E-state index contributed by atoms with van der Waals surface area (Å²) in [7, 11) is 0.170. The van der Waals surface area contributed by atoms with Crippen molar-refractivity contribution >= 4 is 27.6 Å². The molecular weight excluding hydrogens is 360 g/mol. The van der Waals surface area contributed by atoms with Gasteiger partial charge in [-0.3, -0.25) is 9.52 Å². The lowest BCUT2D eigenvalue weighted by Gasteiger charge is -2.16. The van der Waals surface area contributed by atoms with Crippen molar-refractivity contribution in [2.45, 2.75) is 4.90 Å². The Morgan fingerprint density at radius 1 is 1.12 bits per heavy atom. The van der Waals surface area contributed by atoms with Crippen LogP contribution in [0.2, 0.25) is 0 Å². The summed E-state index contributed by atoms with van der Waals surface area (Å²) < 4.78 is 32.9. The highest BCUT2D eigenvalue weighted by Gasteiger charge is 2.24. The molecule has 2 aromatic carbocycles. The Hall–Kier alpha value is -3.07. The van der Waals surface area contributed by atoms with Gasteiger partial charge in [-0.15, -0.1) is 0 Å². The number of hydrogen-bond acceptors (Lipinski definition) is 5. The Kier molecular flexibility index (Phi) is 5.51. The van der Waals surface area contributed by atoms with Gasteiger partial charge in [0, 0.05) is 14.1 Å². The summed E-state index contributed by atoms with van der Waals surface area (Å²) in [4.78, 5) is 24.4. The van der Waals surface area contributed by atoms with Crippen molar-refractivity contribution in [3.8, 4) is 5.75 Å². The monoisotopic (exact) mass is 378 g/mol. The van der Waals surface area contributed by atoms with Crippen LogP contribution in [0.25, 0.3) is 0 Å². The van der Waals surface area contributed by atoms with E-state index in [1.54, 1.807) is 26.2 Å². The zero-order chi connectivity index (χ0) is 19.5. The summed E-state index contributed by atoms with van der Waals surface area (Å²) in [6.07, 6.45) is 0. The second kappa shape index (κ2) is 7.44. The van der Waals surface area contributed by atoms with Crippen LogP contribution in [0.15, 0.2) is 47.4 Å². The van der Waals surface area contributed by atoms with Gasteiger partial charge in [-0.25, -0.2) is 13.2 Å².